The first-order valence-electron chi connectivity index (χ1n) is 10.8. The molecule has 1 fully saturated rings. The molecule has 7 heteroatoms. The van der Waals surface area contributed by atoms with Gasteiger partial charge in [-0.3, -0.25) is 4.99 Å². The molecule has 1 aliphatic rings. The van der Waals surface area contributed by atoms with E-state index in [1.165, 1.54) is 6.07 Å². The van der Waals surface area contributed by atoms with Crippen LogP contribution >= 0.6 is 0 Å². The number of aliphatic imine (C=N–C) groups is 1. The minimum atomic E-state index is -0.287. The number of ether oxygens (including phenoxy) is 1. The van der Waals surface area contributed by atoms with Crippen LogP contribution in [0.25, 0.3) is 0 Å². The van der Waals surface area contributed by atoms with Gasteiger partial charge in [0.15, 0.2) is 17.6 Å². The molecule has 1 atom stereocenters. The molecule has 4 rings (SSSR count). The maximum atomic E-state index is 14.0. The predicted molar refractivity (Wildman–Crippen MR) is 125 cm³/mol. The lowest BCUT2D eigenvalue weighted by molar-refractivity contribution is 0.305. The van der Waals surface area contributed by atoms with Crippen molar-refractivity contribution in [3.8, 4) is 5.75 Å². The molecule has 32 heavy (non-hydrogen) atoms. The van der Waals surface area contributed by atoms with Crippen LogP contribution in [0.4, 0.5) is 10.2 Å². The standard InChI is InChI=1S/C25H28FN5O/c1-27-25(30-21-13-15-31(17-21)24-23(26)12-7-14-28-24)29-16-19-8-5-6-9-20(19)18-32-22-10-3-2-4-11-22/h2-12,14,21H,13,15-18H2,1H3,(H2,27,29,30). The van der Waals surface area contributed by atoms with Gasteiger partial charge in [-0.15, -0.1) is 0 Å². The van der Waals surface area contributed by atoms with Crippen LogP contribution in [0.3, 0.4) is 0 Å². The van der Waals surface area contributed by atoms with Crippen LogP contribution in [0.1, 0.15) is 17.5 Å². The fourth-order valence-electron chi connectivity index (χ4n) is 3.80. The number of aromatic nitrogens is 1. The molecule has 1 saturated heterocycles. The molecule has 0 radical (unpaired) electrons. The molecule has 0 saturated carbocycles. The highest BCUT2D eigenvalue weighted by Crippen LogP contribution is 2.21. The fourth-order valence-corrected chi connectivity index (χ4v) is 3.80. The van der Waals surface area contributed by atoms with Gasteiger partial charge in [0.2, 0.25) is 0 Å². The third-order valence-electron chi connectivity index (χ3n) is 5.49. The summed E-state index contributed by atoms with van der Waals surface area (Å²) in [4.78, 5) is 10.5. The molecule has 0 aliphatic carbocycles. The average molecular weight is 434 g/mol. The highest BCUT2D eigenvalue weighted by molar-refractivity contribution is 5.80. The Bertz CT molecular complexity index is 1040. The Kier molecular flexibility index (Phi) is 7.17. The summed E-state index contributed by atoms with van der Waals surface area (Å²) in [6.45, 7) is 2.55. The molecule has 2 N–H and O–H groups in total. The lowest BCUT2D eigenvalue weighted by atomic mass is 10.1. The zero-order valence-corrected chi connectivity index (χ0v) is 18.2. The Morgan fingerprint density at radius 3 is 2.66 bits per heavy atom. The van der Waals surface area contributed by atoms with Crippen molar-refractivity contribution in [1.29, 1.82) is 0 Å². The number of para-hydroxylation sites is 1. The van der Waals surface area contributed by atoms with Crippen LogP contribution in [0.2, 0.25) is 0 Å². The largest absolute Gasteiger partial charge is 0.489 e. The third kappa shape index (κ3) is 5.55. The van der Waals surface area contributed by atoms with Crippen LogP contribution in [-0.2, 0) is 13.2 Å². The molecule has 2 aromatic carbocycles. The highest BCUT2D eigenvalue weighted by Gasteiger charge is 2.25. The summed E-state index contributed by atoms with van der Waals surface area (Å²) in [5, 5.41) is 6.84. The topological polar surface area (TPSA) is 61.8 Å². The Labute approximate surface area is 188 Å². The summed E-state index contributed by atoms with van der Waals surface area (Å²) in [6.07, 6.45) is 2.51. The molecular formula is C25H28FN5O. The highest BCUT2D eigenvalue weighted by atomic mass is 19.1. The van der Waals surface area contributed by atoms with Crippen LogP contribution < -0.4 is 20.3 Å². The van der Waals surface area contributed by atoms with Gasteiger partial charge in [0.05, 0.1) is 0 Å². The molecule has 1 unspecified atom stereocenters. The summed E-state index contributed by atoms with van der Waals surface area (Å²) in [5.74, 6) is 1.69. The molecule has 1 aliphatic heterocycles. The third-order valence-corrected chi connectivity index (χ3v) is 5.49. The SMILES string of the molecule is CN=C(NCc1ccccc1COc1ccccc1)NC1CCN(c2ncccc2F)C1. The molecule has 166 valence electrons. The molecule has 0 amide bonds. The maximum absolute atomic E-state index is 14.0. The van der Waals surface area contributed by atoms with Crippen molar-refractivity contribution in [2.75, 3.05) is 25.0 Å². The normalized spacial score (nSPS) is 16.1. The summed E-state index contributed by atoms with van der Waals surface area (Å²) >= 11 is 0. The van der Waals surface area contributed by atoms with E-state index in [4.69, 9.17) is 4.74 Å². The van der Waals surface area contributed by atoms with E-state index in [0.717, 1.165) is 35.8 Å². The Morgan fingerprint density at radius 2 is 1.88 bits per heavy atom. The maximum Gasteiger partial charge on any atom is 0.191 e. The predicted octanol–water partition coefficient (Wildman–Crippen LogP) is 3.74. The van der Waals surface area contributed by atoms with Gasteiger partial charge < -0.3 is 20.3 Å². The van der Waals surface area contributed by atoms with E-state index >= 15 is 0 Å². The molecule has 0 bridgehead atoms. The van der Waals surface area contributed by atoms with E-state index in [1.807, 2.05) is 47.4 Å². The van der Waals surface area contributed by atoms with Crippen molar-refractivity contribution in [3.63, 3.8) is 0 Å². The number of hydrogen-bond donors (Lipinski definition) is 2. The Hall–Kier alpha value is -3.61. The lowest BCUT2D eigenvalue weighted by Gasteiger charge is -2.20. The minimum Gasteiger partial charge on any atom is -0.489 e. The van der Waals surface area contributed by atoms with Gasteiger partial charge in [0.25, 0.3) is 0 Å². The smallest absolute Gasteiger partial charge is 0.191 e. The van der Waals surface area contributed by atoms with Crippen molar-refractivity contribution in [2.24, 2.45) is 4.99 Å². The minimum absolute atomic E-state index is 0.166. The number of anilines is 1. The van der Waals surface area contributed by atoms with Gasteiger partial charge in [0, 0.05) is 38.9 Å². The van der Waals surface area contributed by atoms with E-state index in [1.54, 1.807) is 19.3 Å². The van der Waals surface area contributed by atoms with Crippen molar-refractivity contribution in [1.82, 2.24) is 15.6 Å². The number of rotatable bonds is 7. The van der Waals surface area contributed by atoms with E-state index in [2.05, 4.69) is 32.7 Å². The number of pyridine rings is 1. The first kappa shape index (κ1) is 21.6. The molecule has 2 heterocycles. The van der Waals surface area contributed by atoms with Crippen LogP contribution in [-0.4, -0.2) is 37.1 Å². The zero-order chi connectivity index (χ0) is 22.2. The van der Waals surface area contributed by atoms with Crippen molar-refractivity contribution in [2.45, 2.75) is 25.6 Å². The number of nitrogens with one attached hydrogen (secondary N) is 2. The second-order valence-corrected chi connectivity index (χ2v) is 7.68. The van der Waals surface area contributed by atoms with E-state index in [-0.39, 0.29) is 11.9 Å². The number of halogens is 1. The van der Waals surface area contributed by atoms with E-state index in [9.17, 15) is 4.39 Å². The monoisotopic (exact) mass is 433 g/mol. The molecule has 6 nitrogen and oxygen atoms in total. The second kappa shape index (κ2) is 10.6. The van der Waals surface area contributed by atoms with Crippen molar-refractivity contribution in [3.05, 3.63) is 89.9 Å². The Balaban J connectivity index is 1.31. The van der Waals surface area contributed by atoms with E-state index in [0.29, 0.717) is 25.5 Å². The quantitative estimate of drug-likeness (QED) is 0.439. The van der Waals surface area contributed by atoms with Gasteiger partial charge in [-0.1, -0.05) is 42.5 Å². The second-order valence-electron chi connectivity index (χ2n) is 7.68. The fraction of sp³-hybridized carbons (Fsp3) is 0.280. The van der Waals surface area contributed by atoms with Gasteiger partial charge in [-0.2, -0.15) is 0 Å². The summed E-state index contributed by atoms with van der Waals surface area (Å²) in [7, 11) is 1.75. The van der Waals surface area contributed by atoms with Crippen LogP contribution in [0, 0.1) is 5.82 Å². The van der Waals surface area contributed by atoms with Crippen LogP contribution in [0.15, 0.2) is 77.9 Å². The summed E-state index contributed by atoms with van der Waals surface area (Å²) in [6, 6.07) is 21.2. The first-order valence-corrected chi connectivity index (χ1v) is 10.8. The van der Waals surface area contributed by atoms with Gasteiger partial charge in [-0.05, 0) is 41.8 Å². The van der Waals surface area contributed by atoms with Gasteiger partial charge in [0.1, 0.15) is 12.4 Å². The molecule has 0 spiro atoms. The molecule has 1 aromatic heterocycles. The van der Waals surface area contributed by atoms with Crippen molar-refractivity contribution >= 4 is 11.8 Å². The average Bonchev–Trinajstić information content (AvgIpc) is 3.30. The number of guanidine groups is 1. The van der Waals surface area contributed by atoms with E-state index < -0.39 is 0 Å². The first-order chi connectivity index (χ1) is 15.7. The van der Waals surface area contributed by atoms with Crippen molar-refractivity contribution < 1.29 is 9.13 Å². The zero-order valence-electron chi connectivity index (χ0n) is 18.2. The molecule has 3 aromatic rings. The van der Waals surface area contributed by atoms with Gasteiger partial charge >= 0.3 is 0 Å². The van der Waals surface area contributed by atoms with Gasteiger partial charge in [-0.25, -0.2) is 9.37 Å². The molecular weight excluding hydrogens is 405 g/mol. The summed E-state index contributed by atoms with van der Waals surface area (Å²) in [5.41, 5.74) is 2.27. The Morgan fingerprint density at radius 1 is 1.09 bits per heavy atom. The number of nitrogens with zero attached hydrogens (tertiary/aromatic N) is 3. The van der Waals surface area contributed by atoms with Crippen LogP contribution in [0.5, 0.6) is 5.75 Å². The number of hydrogen-bond acceptors (Lipinski definition) is 4. The number of benzene rings is 2. The summed E-state index contributed by atoms with van der Waals surface area (Å²) < 4.78 is 20.0. The lowest BCUT2D eigenvalue weighted by Crippen LogP contribution is -2.44.